The maximum atomic E-state index is 12.0. The Hall–Kier alpha value is -0.810. The van der Waals surface area contributed by atoms with Crippen molar-refractivity contribution in [1.29, 1.82) is 0 Å². The van der Waals surface area contributed by atoms with E-state index < -0.39 is 11.7 Å². The van der Waals surface area contributed by atoms with E-state index in [0.717, 1.165) is 12.8 Å². The Kier molecular flexibility index (Phi) is 3.32. The minimum absolute atomic E-state index is 0.0337. The van der Waals surface area contributed by atoms with Crippen molar-refractivity contribution in [2.45, 2.75) is 57.5 Å². The van der Waals surface area contributed by atoms with E-state index in [0.29, 0.717) is 13.2 Å². The van der Waals surface area contributed by atoms with Gasteiger partial charge >= 0.3 is 6.09 Å². The van der Waals surface area contributed by atoms with Gasteiger partial charge in [0.05, 0.1) is 18.7 Å². The molecule has 5 heteroatoms. The number of hydrogen-bond acceptors (Lipinski definition) is 4. The molecule has 0 aromatic heterocycles. The van der Waals surface area contributed by atoms with E-state index in [1.165, 1.54) is 0 Å². The fraction of sp³-hybridized carbons (Fsp3) is 0.917. The Morgan fingerprint density at radius 3 is 2.82 bits per heavy atom. The molecule has 2 aliphatic heterocycles. The molecule has 2 heterocycles. The molecule has 0 bridgehead atoms. The maximum absolute atomic E-state index is 12.0. The molecule has 98 valence electrons. The van der Waals surface area contributed by atoms with Crippen LogP contribution in [0.5, 0.6) is 0 Å². The predicted octanol–water partition coefficient (Wildman–Crippen LogP) is 1.15. The van der Waals surface area contributed by atoms with Gasteiger partial charge in [-0.15, -0.1) is 0 Å². The van der Waals surface area contributed by atoms with Crippen molar-refractivity contribution < 1.29 is 19.4 Å². The fourth-order valence-electron chi connectivity index (χ4n) is 2.46. The van der Waals surface area contributed by atoms with Crippen molar-refractivity contribution in [3.63, 3.8) is 0 Å². The highest BCUT2D eigenvalue weighted by molar-refractivity contribution is 5.69. The molecule has 0 saturated carbocycles. The van der Waals surface area contributed by atoms with Crippen molar-refractivity contribution >= 4 is 6.09 Å². The Labute approximate surface area is 102 Å². The topological polar surface area (TPSA) is 59.0 Å². The molecule has 1 N–H and O–H groups in total. The summed E-state index contributed by atoms with van der Waals surface area (Å²) in [6.45, 7) is 6.50. The van der Waals surface area contributed by atoms with Crippen LogP contribution in [-0.2, 0) is 9.47 Å². The number of amides is 1. The van der Waals surface area contributed by atoms with Crippen LogP contribution in [0.15, 0.2) is 0 Å². The molecule has 0 spiro atoms. The molecule has 2 aliphatic rings. The minimum atomic E-state index is -0.590. The number of ether oxygens (including phenoxy) is 2. The van der Waals surface area contributed by atoms with Crippen molar-refractivity contribution in [3.05, 3.63) is 0 Å². The molecule has 0 aliphatic carbocycles. The van der Waals surface area contributed by atoms with E-state index in [1.54, 1.807) is 4.90 Å². The van der Waals surface area contributed by atoms with Gasteiger partial charge in [0.25, 0.3) is 0 Å². The third-order valence-corrected chi connectivity index (χ3v) is 3.13. The lowest BCUT2D eigenvalue weighted by molar-refractivity contribution is -0.0548. The van der Waals surface area contributed by atoms with Gasteiger partial charge in [-0.2, -0.15) is 0 Å². The Balaban J connectivity index is 2.04. The van der Waals surface area contributed by atoms with E-state index in [1.807, 2.05) is 20.8 Å². The number of carbonyl (C=O) groups is 1. The van der Waals surface area contributed by atoms with Crippen LogP contribution < -0.4 is 0 Å². The van der Waals surface area contributed by atoms with Gasteiger partial charge in [0.15, 0.2) is 0 Å². The number of likely N-dealkylation sites (tertiary alicyclic amines) is 1. The number of carbonyl (C=O) groups excluding carboxylic acids is 1. The zero-order valence-corrected chi connectivity index (χ0v) is 10.7. The van der Waals surface area contributed by atoms with Gasteiger partial charge in [0, 0.05) is 6.61 Å². The summed E-state index contributed by atoms with van der Waals surface area (Å²) < 4.78 is 10.9. The minimum Gasteiger partial charge on any atom is -0.444 e. The number of hydrogen-bond donors (Lipinski definition) is 1. The van der Waals surface area contributed by atoms with Gasteiger partial charge in [0.1, 0.15) is 11.7 Å². The predicted molar refractivity (Wildman–Crippen MR) is 61.7 cm³/mol. The number of aliphatic hydroxyl groups excluding tert-OH is 1. The third-order valence-electron chi connectivity index (χ3n) is 3.13. The van der Waals surface area contributed by atoms with Gasteiger partial charge in [-0.25, -0.2) is 4.79 Å². The summed E-state index contributed by atoms with van der Waals surface area (Å²) in [6.07, 6.45) is 0.618. The number of aliphatic hydroxyl groups is 1. The molecule has 0 radical (unpaired) electrons. The molecule has 1 amide bonds. The largest absolute Gasteiger partial charge is 0.444 e. The molecular formula is C12H21NO4. The molecule has 3 atom stereocenters. The highest BCUT2D eigenvalue weighted by Gasteiger charge is 2.46. The van der Waals surface area contributed by atoms with Gasteiger partial charge in [0.2, 0.25) is 0 Å². The summed E-state index contributed by atoms with van der Waals surface area (Å²) in [5.41, 5.74) is -0.504. The summed E-state index contributed by atoms with van der Waals surface area (Å²) in [4.78, 5) is 13.6. The summed E-state index contributed by atoms with van der Waals surface area (Å²) in [6, 6.07) is -0.0337. The first-order chi connectivity index (χ1) is 7.88. The van der Waals surface area contributed by atoms with Crippen molar-refractivity contribution in [2.75, 3.05) is 13.2 Å². The smallest absolute Gasteiger partial charge is 0.410 e. The SMILES string of the molecule is CC(C)(C)OC(=O)N1C[C@@H](O)[C@H]2OCCC[C@H]21. The molecule has 0 aromatic rings. The van der Waals surface area contributed by atoms with E-state index in [9.17, 15) is 9.90 Å². The van der Waals surface area contributed by atoms with Crippen LogP contribution in [0.2, 0.25) is 0 Å². The molecule has 2 rings (SSSR count). The standard InChI is InChI=1S/C12H21NO4/c1-12(2,3)17-11(15)13-7-9(14)10-8(13)5-4-6-16-10/h8-10,14H,4-7H2,1-3H3/t8-,9-,10+/m1/s1. The monoisotopic (exact) mass is 243 g/mol. The Morgan fingerprint density at radius 1 is 1.47 bits per heavy atom. The van der Waals surface area contributed by atoms with Gasteiger partial charge in [-0.1, -0.05) is 0 Å². The van der Waals surface area contributed by atoms with Crippen LogP contribution in [0.3, 0.4) is 0 Å². The summed E-state index contributed by atoms with van der Waals surface area (Å²) in [5.74, 6) is 0. The number of rotatable bonds is 0. The van der Waals surface area contributed by atoms with Crippen LogP contribution in [0.1, 0.15) is 33.6 Å². The fourth-order valence-corrected chi connectivity index (χ4v) is 2.46. The molecule has 0 unspecified atom stereocenters. The van der Waals surface area contributed by atoms with E-state index in [2.05, 4.69) is 0 Å². The zero-order valence-electron chi connectivity index (χ0n) is 10.7. The van der Waals surface area contributed by atoms with Crippen LogP contribution in [0, 0.1) is 0 Å². The van der Waals surface area contributed by atoms with Gasteiger partial charge in [-0.05, 0) is 33.6 Å². The van der Waals surface area contributed by atoms with Crippen molar-refractivity contribution in [2.24, 2.45) is 0 Å². The van der Waals surface area contributed by atoms with Crippen LogP contribution in [0.4, 0.5) is 4.79 Å². The van der Waals surface area contributed by atoms with Crippen molar-refractivity contribution in [1.82, 2.24) is 4.90 Å². The van der Waals surface area contributed by atoms with Crippen LogP contribution in [-0.4, -0.2) is 53.1 Å². The van der Waals surface area contributed by atoms with Crippen LogP contribution >= 0.6 is 0 Å². The second-order valence-electron chi connectivity index (χ2n) is 5.75. The average molecular weight is 243 g/mol. The Morgan fingerprint density at radius 2 is 2.18 bits per heavy atom. The molecule has 5 nitrogen and oxygen atoms in total. The molecule has 0 aromatic carbocycles. The average Bonchev–Trinajstić information content (AvgIpc) is 2.55. The quantitative estimate of drug-likeness (QED) is 0.693. The van der Waals surface area contributed by atoms with Crippen LogP contribution in [0.25, 0.3) is 0 Å². The zero-order chi connectivity index (χ0) is 12.6. The summed E-state index contributed by atoms with van der Waals surface area (Å²) in [7, 11) is 0. The molecular weight excluding hydrogens is 222 g/mol. The lowest BCUT2D eigenvalue weighted by atomic mass is 10.0. The third kappa shape index (κ3) is 2.72. The molecule has 17 heavy (non-hydrogen) atoms. The number of fused-ring (bicyclic) bond motifs is 1. The first-order valence-electron chi connectivity index (χ1n) is 6.18. The number of nitrogens with zero attached hydrogens (tertiary/aromatic N) is 1. The van der Waals surface area contributed by atoms with Gasteiger partial charge in [-0.3, -0.25) is 4.90 Å². The Bertz CT molecular complexity index is 299. The van der Waals surface area contributed by atoms with Crippen molar-refractivity contribution in [3.8, 4) is 0 Å². The molecule has 2 saturated heterocycles. The highest BCUT2D eigenvalue weighted by atomic mass is 16.6. The summed E-state index contributed by atoms with van der Waals surface area (Å²) in [5, 5.41) is 9.87. The second-order valence-corrected chi connectivity index (χ2v) is 5.75. The summed E-state index contributed by atoms with van der Waals surface area (Å²) >= 11 is 0. The lowest BCUT2D eigenvalue weighted by Gasteiger charge is -2.32. The lowest BCUT2D eigenvalue weighted by Crippen LogP contribution is -2.45. The first kappa shape index (κ1) is 12.6. The van der Waals surface area contributed by atoms with E-state index >= 15 is 0 Å². The van der Waals surface area contributed by atoms with E-state index in [-0.39, 0.29) is 18.2 Å². The molecule has 2 fully saturated rings. The normalized spacial score (nSPS) is 33.4. The van der Waals surface area contributed by atoms with E-state index in [4.69, 9.17) is 9.47 Å². The first-order valence-corrected chi connectivity index (χ1v) is 6.18. The second kappa shape index (κ2) is 4.46. The maximum Gasteiger partial charge on any atom is 0.410 e. The number of β-amino-alcohol motifs (C(OH)–C–C–N with tert-alkyl or cyclic N) is 1. The van der Waals surface area contributed by atoms with Gasteiger partial charge < -0.3 is 14.6 Å². The highest BCUT2D eigenvalue weighted by Crippen LogP contribution is 2.30.